The Morgan fingerprint density at radius 1 is 0.900 bits per heavy atom. The lowest BCUT2D eigenvalue weighted by atomic mass is 9.83. The number of benzene rings is 1. The summed E-state index contributed by atoms with van der Waals surface area (Å²) in [5.74, 6) is 2.27. The van der Waals surface area contributed by atoms with Crippen molar-refractivity contribution in [2.45, 2.75) is 69.6 Å². The van der Waals surface area contributed by atoms with Gasteiger partial charge in [0.25, 0.3) is 0 Å². The van der Waals surface area contributed by atoms with Gasteiger partial charge in [-0.05, 0) is 48.1 Å². The monoisotopic (exact) mass is 290 g/mol. The fraction of sp³-hybridized carbons (Fsp3) is 0.684. The molecule has 0 spiro atoms. The van der Waals surface area contributed by atoms with Crippen molar-refractivity contribution in [3.8, 4) is 0 Å². The van der Waals surface area contributed by atoms with Gasteiger partial charge >= 0.3 is 0 Å². The minimum absolute atomic E-state index is 0.216. The first-order chi connectivity index (χ1) is 9.75. The first-order valence-corrected chi connectivity index (χ1v) is 8.93. The number of hydrogen-bond donors (Lipinski definition) is 0. The second kappa shape index (κ2) is 6.52. The molecule has 0 heterocycles. The standard InChI is InChI=1S/C19H27Cl/c1-14-6-5-9-18(14)19(20)17-12-10-16(11-13-17)15-7-3-2-4-8-15/h10-15,18-19H,2-9H2,1H3. The molecule has 2 saturated carbocycles. The van der Waals surface area contributed by atoms with E-state index in [1.54, 1.807) is 0 Å². The Morgan fingerprint density at radius 2 is 1.60 bits per heavy atom. The number of hydrogen-bond acceptors (Lipinski definition) is 0. The van der Waals surface area contributed by atoms with Gasteiger partial charge in [0.2, 0.25) is 0 Å². The Morgan fingerprint density at radius 3 is 2.20 bits per heavy atom. The summed E-state index contributed by atoms with van der Waals surface area (Å²) in [6.45, 7) is 2.36. The molecule has 0 N–H and O–H groups in total. The molecule has 2 aliphatic carbocycles. The van der Waals surface area contributed by atoms with E-state index in [9.17, 15) is 0 Å². The topological polar surface area (TPSA) is 0 Å². The van der Waals surface area contributed by atoms with Crippen LogP contribution in [0.5, 0.6) is 0 Å². The second-order valence-electron chi connectivity index (χ2n) is 6.98. The summed E-state index contributed by atoms with van der Waals surface area (Å²) in [5, 5.41) is 0.216. The zero-order valence-electron chi connectivity index (χ0n) is 12.7. The SMILES string of the molecule is CC1CCCC1C(Cl)c1ccc(C2CCCCC2)cc1. The van der Waals surface area contributed by atoms with Crippen LogP contribution in [-0.4, -0.2) is 0 Å². The van der Waals surface area contributed by atoms with Gasteiger partial charge in [-0.15, -0.1) is 11.6 Å². The maximum Gasteiger partial charge on any atom is 0.0615 e. The van der Waals surface area contributed by atoms with E-state index in [0.29, 0.717) is 5.92 Å². The van der Waals surface area contributed by atoms with Gasteiger partial charge in [0, 0.05) is 0 Å². The normalized spacial score (nSPS) is 29.5. The molecule has 0 amide bonds. The molecule has 1 heteroatoms. The molecule has 2 fully saturated rings. The predicted octanol–water partition coefficient (Wildman–Crippen LogP) is 6.45. The van der Waals surface area contributed by atoms with E-state index in [-0.39, 0.29) is 5.38 Å². The third-order valence-electron chi connectivity index (χ3n) is 5.64. The van der Waals surface area contributed by atoms with Gasteiger partial charge in [-0.1, -0.05) is 63.3 Å². The molecule has 3 rings (SSSR count). The van der Waals surface area contributed by atoms with Crippen LogP contribution in [0.2, 0.25) is 0 Å². The fourth-order valence-corrected chi connectivity index (χ4v) is 4.76. The van der Waals surface area contributed by atoms with E-state index < -0.39 is 0 Å². The largest absolute Gasteiger partial charge is 0.118 e. The summed E-state index contributed by atoms with van der Waals surface area (Å²) >= 11 is 6.75. The van der Waals surface area contributed by atoms with Crippen LogP contribution in [0.15, 0.2) is 24.3 Å². The van der Waals surface area contributed by atoms with E-state index in [1.165, 1.54) is 62.5 Å². The molecular formula is C19H27Cl. The quantitative estimate of drug-likeness (QED) is 0.561. The fourth-order valence-electron chi connectivity index (χ4n) is 4.24. The maximum absolute atomic E-state index is 6.75. The highest BCUT2D eigenvalue weighted by atomic mass is 35.5. The summed E-state index contributed by atoms with van der Waals surface area (Å²) < 4.78 is 0. The van der Waals surface area contributed by atoms with E-state index in [1.807, 2.05) is 0 Å². The van der Waals surface area contributed by atoms with Gasteiger partial charge in [-0.25, -0.2) is 0 Å². The lowest BCUT2D eigenvalue weighted by Crippen LogP contribution is -2.11. The highest BCUT2D eigenvalue weighted by molar-refractivity contribution is 6.21. The molecule has 0 bridgehead atoms. The van der Waals surface area contributed by atoms with Crippen LogP contribution in [0.1, 0.15) is 80.7 Å². The molecule has 3 atom stereocenters. The highest BCUT2D eigenvalue weighted by Crippen LogP contribution is 2.44. The molecule has 110 valence electrons. The molecule has 1 aromatic carbocycles. The van der Waals surface area contributed by atoms with Gasteiger partial charge in [-0.2, -0.15) is 0 Å². The summed E-state index contributed by atoms with van der Waals surface area (Å²) in [6, 6.07) is 9.29. The number of alkyl halides is 1. The maximum atomic E-state index is 6.75. The number of halogens is 1. The molecule has 0 aliphatic heterocycles. The van der Waals surface area contributed by atoms with Crippen molar-refractivity contribution in [1.29, 1.82) is 0 Å². The summed E-state index contributed by atoms with van der Waals surface area (Å²) in [6.07, 6.45) is 11.0. The Kier molecular flexibility index (Phi) is 4.71. The van der Waals surface area contributed by atoms with Crippen LogP contribution >= 0.6 is 11.6 Å². The van der Waals surface area contributed by atoms with Gasteiger partial charge in [0.15, 0.2) is 0 Å². The first kappa shape index (κ1) is 14.4. The Balaban J connectivity index is 1.68. The predicted molar refractivity (Wildman–Crippen MR) is 87.4 cm³/mol. The van der Waals surface area contributed by atoms with Crippen molar-refractivity contribution in [1.82, 2.24) is 0 Å². The lowest BCUT2D eigenvalue weighted by Gasteiger charge is -2.24. The van der Waals surface area contributed by atoms with Crippen molar-refractivity contribution < 1.29 is 0 Å². The smallest absolute Gasteiger partial charge is 0.0615 e. The third kappa shape index (κ3) is 3.06. The van der Waals surface area contributed by atoms with Crippen LogP contribution in [0, 0.1) is 11.8 Å². The highest BCUT2D eigenvalue weighted by Gasteiger charge is 2.30. The van der Waals surface area contributed by atoms with Crippen molar-refractivity contribution in [2.24, 2.45) is 11.8 Å². The van der Waals surface area contributed by atoms with Crippen molar-refractivity contribution in [3.05, 3.63) is 35.4 Å². The molecule has 1 aromatic rings. The third-order valence-corrected chi connectivity index (χ3v) is 6.21. The lowest BCUT2D eigenvalue weighted by molar-refractivity contribution is 0.405. The zero-order chi connectivity index (χ0) is 13.9. The molecule has 0 radical (unpaired) electrons. The summed E-state index contributed by atoms with van der Waals surface area (Å²) in [4.78, 5) is 0. The Labute approximate surface area is 128 Å². The van der Waals surface area contributed by atoms with Crippen molar-refractivity contribution in [3.63, 3.8) is 0 Å². The summed E-state index contributed by atoms with van der Waals surface area (Å²) in [5.41, 5.74) is 2.88. The van der Waals surface area contributed by atoms with Crippen molar-refractivity contribution >= 4 is 11.6 Å². The average molecular weight is 291 g/mol. The Bertz CT molecular complexity index is 416. The van der Waals surface area contributed by atoms with Gasteiger partial charge in [-0.3, -0.25) is 0 Å². The summed E-state index contributed by atoms with van der Waals surface area (Å²) in [7, 11) is 0. The number of rotatable bonds is 3. The first-order valence-electron chi connectivity index (χ1n) is 8.49. The molecule has 0 aromatic heterocycles. The molecule has 20 heavy (non-hydrogen) atoms. The molecule has 3 unspecified atom stereocenters. The Hall–Kier alpha value is -0.490. The average Bonchev–Trinajstić information content (AvgIpc) is 2.94. The van der Waals surface area contributed by atoms with E-state index in [0.717, 1.165) is 11.8 Å². The van der Waals surface area contributed by atoms with Gasteiger partial charge in [0.1, 0.15) is 0 Å². The van der Waals surface area contributed by atoms with Crippen LogP contribution in [0.25, 0.3) is 0 Å². The van der Waals surface area contributed by atoms with Gasteiger partial charge in [0.05, 0.1) is 5.38 Å². The van der Waals surface area contributed by atoms with Gasteiger partial charge < -0.3 is 0 Å². The molecule has 0 saturated heterocycles. The molecule has 2 aliphatic rings. The van der Waals surface area contributed by atoms with Crippen LogP contribution in [0.3, 0.4) is 0 Å². The van der Waals surface area contributed by atoms with Crippen LogP contribution < -0.4 is 0 Å². The molecule has 0 nitrogen and oxygen atoms in total. The van der Waals surface area contributed by atoms with E-state index in [4.69, 9.17) is 11.6 Å². The minimum Gasteiger partial charge on any atom is -0.118 e. The molecular weight excluding hydrogens is 264 g/mol. The second-order valence-corrected chi connectivity index (χ2v) is 7.45. The van der Waals surface area contributed by atoms with E-state index in [2.05, 4.69) is 31.2 Å². The van der Waals surface area contributed by atoms with E-state index >= 15 is 0 Å². The zero-order valence-corrected chi connectivity index (χ0v) is 13.4. The van der Waals surface area contributed by atoms with Crippen LogP contribution in [0.4, 0.5) is 0 Å². The van der Waals surface area contributed by atoms with Crippen molar-refractivity contribution in [2.75, 3.05) is 0 Å². The van der Waals surface area contributed by atoms with Crippen LogP contribution in [-0.2, 0) is 0 Å². The minimum atomic E-state index is 0.216.